The van der Waals surface area contributed by atoms with Crippen molar-refractivity contribution < 1.29 is 0 Å². The molecule has 3 heteroatoms. The van der Waals surface area contributed by atoms with Gasteiger partial charge in [0.15, 0.2) is 0 Å². The summed E-state index contributed by atoms with van der Waals surface area (Å²) in [5.74, 6) is 1.44. The van der Waals surface area contributed by atoms with E-state index in [-0.39, 0.29) is 5.56 Å². The topological polar surface area (TPSA) is 34.9 Å². The molecule has 0 aliphatic carbocycles. The first-order valence-electron chi connectivity index (χ1n) is 6.32. The standard InChI is InChI=1S/C15H16N2O/c1-10-7-14-16-13(8-15(18)17(14)9-10)12-6-4-3-5-11(12)2/h3-6,8,10H,7,9H2,1-2H3. The predicted octanol–water partition coefficient (Wildman–Crippen LogP) is 2.41. The maximum Gasteiger partial charge on any atom is 0.254 e. The van der Waals surface area contributed by atoms with E-state index in [9.17, 15) is 4.79 Å². The number of aryl methyl sites for hydroxylation is 1. The Morgan fingerprint density at radius 2 is 2.11 bits per heavy atom. The van der Waals surface area contributed by atoms with Crippen molar-refractivity contribution in [2.24, 2.45) is 5.92 Å². The van der Waals surface area contributed by atoms with Gasteiger partial charge < -0.3 is 0 Å². The van der Waals surface area contributed by atoms with Crippen LogP contribution in [0.25, 0.3) is 11.3 Å². The van der Waals surface area contributed by atoms with Gasteiger partial charge >= 0.3 is 0 Å². The van der Waals surface area contributed by atoms with Crippen LogP contribution in [0.2, 0.25) is 0 Å². The maximum atomic E-state index is 12.1. The van der Waals surface area contributed by atoms with Gasteiger partial charge in [-0.25, -0.2) is 4.98 Å². The summed E-state index contributed by atoms with van der Waals surface area (Å²) in [6, 6.07) is 9.71. The monoisotopic (exact) mass is 240 g/mol. The van der Waals surface area contributed by atoms with Crippen LogP contribution in [0.3, 0.4) is 0 Å². The number of fused-ring (bicyclic) bond motifs is 1. The highest BCUT2D eigenvalue weighted by atomic mass is 16.1. The van der Waals surface area contributed by atoms with Crippen LogP contribution in [0.4, 0.5) is 0 Å². The Labute approximate surface area is 106 Å². The van der Waals surface area contributed by atoms with Crippen LogP contribution < -0.4 is 5.56 Å². The Morgan fingerprint density at radius 3 is 2.89 bits per heavy atom. The number of benzene rings is 1. The number of hydrogen-bond donors (Lipinski definition) is 0. The lowest BCUT2D eigenvalue weighted by molar-refractivity contribution is 0.557. The molecule has 1 atom stereocenters. The summed E-state index contributed by atoms with van der Waals surface area (Å²) in [5, 5.41) is 0. The minimum Gasteiger partial charge on any atom is -0.296 e. The van der Waals surface area contributed by atoms with Gasteiger partial charge in [0.25, 0.3) is 5.56 Å². The van der Waals surface area contributed by atoms with Gasteiger partial charge in [-0.2, -0.15) is 0 Å². The van der Waals surface area contributed by atoms with E-state index in [0.29, 0.717) is 5.92 Å². The van der Waals surface area contributed by atoms with Gasteiger partial charge in [0.05, 0.1) is 5.69 Å². The summed E-state index contributed by atoms with van der Waals surface area (Å²) < 4.78 is 1.80. The van der Waals surface area contributed by atoms with E-state index in [1.165, 1.54) is 0 Å². The third-order valence-corrected chi connectivity index (χ3v) is 3.53. The number of rotatable bonds is 1. The molecule has 0 amide bonds. The fourth-order valence-electron chi connectivity index (χ4n) is 2.59. The van der Waals surface area contributed by atoms with E-state index in [0.717, 1.165) is 35.6 Å². The fourth-order valence-corrected chi connectivity index (χ4v) is 2.59. The molecule has 0 spiro atoms. The highest BCUT2D eigenvalue weighted by molar-refractivity contribution is 5.62. The van der Waals surface area contributed by atoms with Gasteiger partial charge in [0, 0.05) is 24.6 Å². The molecule has 3 rings (SSSR count). The highest BCUT2D eigenvalue weighted by Gasteiger charge is 2.21. The van der Waals surface area contributed by atoms with Gasteiger partial charge in [-0.15, -0.1) is 0 Å². The van der Waals surface area contributed by atoms with Crippen LogP contribution in [0, 0.1) is 12.8 Å². The van der Waals surface area contributed by atoms with Gasteiger partial charge in [-0.3, -0.25) is 9.36 Å². The third kappa shape index (κ3) is 1.76. The molecule has 3 nitrogen and oxygen atoms in total. The summed E-state index contributed by atoms with van der Waals surface area (Å²) >= 11 is 0. The van der Waals surface area contributed by atoms with E-state index < -0.39 is 0 Å². The molecule has 0 bridgehead atoms. The average Bonchev–Trinajstić information content (AvgIpc) is 2.71. The SMILES string of the molecule is Cc1ccccc1-c1cc(=O)n2c(n1)CC(C)C2. The lowest BCUT2D eigenvalue weighted by Gasteiger charge is -2.07. The van der Waals surface area contributed by atoms with Crippen molar-refractivity contribution in [1.29, 1.82) is 0 Å². The minimum atomic E-state index is 0.0719. The molecule has 1 aromatic carbocycles. The summed E-state index contributed by atoms with van der Waals surface area (Å²) in [6.07, 6.45) is 0.898. The van der Waals surface area contributed by atoms with Crippen LogP contribution in [0.15, 0.2) is 35.1 Å². The lowest BCUT2D eigenvalue weighted by atomic mass is 10.1. The number of aromatic nitrogens is 2. The molecule has 1 aliphatic rings. The second-order valence-electron chi connectivity index (χ2n) is 5.13. The van der Waals surface area contributed by atoms with E-state index in [2.05, 4.69) is 11.9 Å². The summed E-state index contributed by atoms with van der Waals surface area (Å²) in [4.78, 5) is 16.7. The molecule has 92 valence electrons. The second kappa shape index (κ2) is 4.09. The second-order valence-corrected chi connectivity index (χ2v) is 5.13. The van der Waals surface area contributed by atoms with E-state index in [1.807, 2.05) is 31.2 Å². The van der Waals surface area contributed by atoms with Crippen molar-refractivity contribution in [3.63, 3.8) is 0 Å². The predicted molar refractivity (Wildman–Crippen MR) is 71.5 cm³/mol. The molecule has 2 aromatic rings. The van der Waals surface area contributed by atoms with E-state index in [4.69, 9.17) is 0 Å². The number of hydrogen-bond acceptors (Lipinski definition) is 2. The third-order valence-electron chi connectivity index (χ3n) is 3.53. The molecule has 0 saturated heterocycles. The number of nitrogens with zero attached hydrogens (tertiary/aromatic N) is 2. The molecular formula is C15H16N2O. The lowest BCUT2D eigenvalue weighted by Crippen LogP contribution is -2.20. The van der Waals surface area contributed by atoms with Crippen LogP contribution in [0.5, 0.6) is 0 Å². The first-order chi connectivity index (χ1) is 8.65. The largest absolute Gasteiger partial charge is 0.296 e. The normalized spacial score (nSPS) is 17.8. The van der Waals surface area contributed by atoms with Gasteiger partial charge in [-0.05, 0) is 18.4 Å². The van der Waals surface area contributed by atoms with Crippen LogP contribution in [-0.4, -0.2) is 9.55 Å². The van der Waals surface area contributed by atoms with Crippen molar-refractivity contribution in [2.45, 2.75) is 26.8 Å². The zero-order chi connectivity index (χ0) is 12.7. The molecular weight excluding hydrogens is 224 g/mol. The van der Waals surface area contributed by atoms with Crippen LogP contribution in [0.1, 0.15) is 18.3 Å². The molecule has 18 heavy (non-hydrogen) atoms. The zero-order valence-corrected chi connectivity index (χ0v) is 10.7. The molecule has 1 aliphatic heterocycles. The van der Waals surface area contributed by atoms with Crippen LogP contribution >= 0.6 is 0 Å². The summed E-state index contributed by atoms with van der Waals surface area (Å²) in [5.41, 5.74) is 3.08. The summed E-state index contributed by atoms with van der Waals surface area (Å²) in [7, 11) is 0. The van der Waals surface area contributed by atoms with Crippen LogP contribution in [-0.2, 0) is 13.0 Å². The van der Waals surface area contributed by atoms with Crippen molar-refractivity contribution in [2.75, 3.05) is 0 Å². The molecule has 0 saturated carbocycles. The summed E-state index contributed by atoms with van der Waals surface area (Å²) in [6.45, 7) is 5.00. The smallest absolute Gasteiger partial charge is 0.254 e. The van der Waals surface area contributed by atoms with Crippen molar-refractivity contribution in [1.82, 2.24) is 9.55 Å². The Morgan fingerprint density at radius 1 is 1.33 bits per heavy atom. The zero-order valence-electron chi connectivity index (χ0n) is 10.7. The Bertz CT molecular complexity index is 658. The first kappa shape index (κ1) is 11.2. The van der Waals surface area contributed by atoms with Gasteiger partial charge in [0.1, 0.15) is 5.82 Å². The van der Waals surface area contributed by atoms with Crippen molar-refractivity contribution in [3.05, 3.63) is 52.1 Å². The molecule has 1 unspecified atom stereocenters. The van der Waals surface area contributed by atoms with E-state index in [1.54, 1.807) is 10.6 Å². The van der Waals surface area contributed by atoms with Gasteiger partial charge in [-0.1, -0.05) is 31.2 Å². The van der Waals surface area contributed by atoms with Crippen molar-refractivity contribution in [3.8, 4) is 11.3 Å². The Hall–Kier alpha value is -1.90. The average molecular weight is 240 g/mol. The highest BCUT2D eigenvalue weighted by Crippen LogP contribution is 2.23. The molecule has 2 heterocycles. The maximum absolute atomic E-state index is 12.1. The molecule has 0 fully saturated rings. The molecule has 0 radical (unpaired) electrons. The van der Waals surface area contributed by atoms with E-state index >= 15 is 0 Å². The minimum absolute atomic E-state index is 0.0719. The quantitative estimate of drug-likeness (QED) is 0.767. The van der Waals surface area contributed by atoms with Crippen molar-refractivity contribution >= 4 is 0 Å². The molecule has 0 N–H and O–H groups in total. The molecule has 1 aromatic heterocycles. The Balaban J connectivity index is 2.17. The van der Waals surface area contributed by atoms with Gasteiger partial charge in [0.2, 0.25) is 0 Å². The fraction of sp³-hybridized carbons (Fsp3) is 0.333. The Kier molecular flexibility index (Phi) is 2.54. The first-order valence-corrected chi connectivity index (χ1v) is 6.32.